The van der Waals surface area contributed by atoms with E-state index >= 15 is 0 Å². The number of ether oxygens (including phenoxy) is 2. The van der Waals surface area contributed by atoms with E-state index in [0.717, 1.165) is 5.69 Å². The molecule has 0 aliphatic carbocycles. The Kier molecular flexibility index (Phi) is 5.85. The number of benzene rings is 1. The third-order valence-electron chi connectivity index (χ3n) is 2.49. The number of esters is 2. The van der Waals surface area contributed by atoms with E-state index in [1.54, 1.807) is 50.1 Å². The summed E-state index contributed by atoms with van der Waals surface area (Å²) < 4.78 is 9.77. The van der Waals surface area contributed by atoms with E-state index in [2.05, 4.69) is 0 Å². The summed E-state index contributed by atoms with van der Waals surface area (Å²) in [7, 11) is 1.79. The highest BCUT2D eigenvalue weighted by atomic mass is 16.5. The van der Waals surface area contributed by atoms with Gasteiger partial charge in [0.05, 0.1) is 18.8 Å². The molecule has 0 unspecified atom stereocenters. The third kappa shape index (κ3) is 4.62. The van der Waals surface area contributed by atoms with Crippen molar-refractivity contribution in [1.82, 2.24) is 0 Å². The molecule has 1 aromatic rings. The van der Waals surface area contributed by atoms with Gasteiger partial charge in [0.15, 0.2) is 0 Å². The van der Waals surface area contributed by atoms with E-state index in [4.69, 9.17) is 9.47 Å². The van der Waals surface area contributed by atoms with Gasteiger partial charge in [-0.05, 0) is 38.1 Å². The van der Waals surface area contributed by atoms with Crippen molar-refractivity contribution in [2.24, 2.45) is 0 Å². The van der Waals surface area contributed by atoms with Gasteiger partial charge in [-0.1, -0.05) is 0 Å². The van der Waals surface area contributed by atoms with Crippen molar-refractivity contribution < 1.29 is 19.1 Å². The highest BCUT2D eigenvalue weighted by Gasteiger charge is 2.10. The molecule has 19 heavy (non-hydrogen) atoms. The second-order valence-corrected chi connectivity index (χ2v) is 3.93. The Hall–Kier alpha value is -2.04. The molecule has 0 saturated carbocycles. The van der Waals surface area contributed by atoms with Crippen molar-refractivity contribution in [3.8, 4) is 0 Å². The smallest absolute Gasteiger partial charge is 0.338 e. The molecule has 0 atom stereocenters. The molecular weight excluding hydrogens is 246 g/mol. The Morgan fingerprint density at radius 1 is 1.05 bits per heavy atom. The van der Waals surface area contributed by atoms with E-state index < -0.39 is 0 Å². The molecule has 0 saturated heterocycles. The average Bonchev–Trinajstić information content (AvgIpc) is 2.39. The van der Waals surface area contributed by atoms with Crippen LogP contribution in [0.4, 0.5) is 5.69 Å². The fourth-order valence-corrected chi connectivity index (χ4v) is 1.56. The summed E-state index contributed by atoms with van der Waals surface area (Å²) in [5.74, 6) is -0.624. The van der Waals surface area contributed by atoms with Crippen molar-refractivity contribution in [3.05, 3.63) is 29.8 Å². The van der Waals surface area contributed by atoms with Crippen LogP contribution < -0.4 is 4.90 Å². The van der Waals surface area contributed by atoms with Crippen LogP contribution in [0.3, 0.4) is 0 Å². The van der Waals surface area contributed by atoms with Crippen molar-refractivity contribution >= 4 is 17.6 Å². The molecule has 1 rings (SSSR count). The monoisotopic (exact) mass is 265 g/mol. The summed E-state index contributed by atoms with van der Waals surface area (Å²) >= 11 is 0. The summed E-state index contributed by atoms with van der Waals surface area (Å²) in [6.45, 7) is 4.43. The lowest BCUT2D eigenvalue weighted by molar-refractivity contribution is -0.141. The van der Waals surface area contributed by atoms with Crippen molar-refractivity contribution in [2.45, 2.75) is 13.8 Å². The van der Waals surface area contributed by atoms with E-state index in [-0.39, 0.29) is 18.5 Å². The predicted molar refractivity (Wildman–Crippen MR) is 72.3 cm³/mol. The topological polar surface area (TPSA) is 55.8 Å². The molecule has 0 N–H and O–H groups in total. The van der Waals surface area contributed by atoms with Crippen LogP contribution in [-0.2, 0) is 14.3 Å². The quantitative estimate of drug-likeness (QED) is 0.735. The first-order valence-corrected chi connectivity index (χ1v) is 6.22. The van der Waals surface area contributed by atoms with Crippen LogP contribution in [0.2, 0.25) is 0 Å². The predicted octanol–water partition coefficient (Wildman–Crippen LogP) is 1.86. The molecule has 0 radical (unpaired) electrons. The normalized spacial score (nSPS) is 9.84. The fourth-order valence-electron chi connectivity index (χ4n) is 1.56. The van der Waals surface area contributed by atoms with Crippen LogP contribution in [0.25, 0.3) is 0 Å². The minimum Gasteiger partial charge on any atom is -0.465 e. The average molecular weight is 265 g/mol. The SMILES string of the molecule is CCOC(=O)CN(C)c1ccc(C(=O)OCC)cc1. The molecule has 0 spiro atoms. The maximum atomic E-state index is 11.5. The number of hydrogen-bond donors (Lipinski definition) is 0. The Morgan fingerprint density at radius 2 is 1.63 bits per heavy atom. The van der Waals surface area contributed by atoms with E-state index in [1.807, 2.05) is 0 Å². The molecule has 0 heterocycles. The zero-order valence-corrected chi connectivity index (χ0v) is 11.5. The van der Waals surface area contributed by atoms with Gasteiger partial charge < -0.3 is 14.4 Å². The molecule has 0 fully saturated rings. The van der Waals surface area contributed by atoms with Crippen molar-refractivity contribution in [1.29, 1.82) is 0 Å². The number of likely N-dealkylation sites (N-methyl/N-ethyl adjacent to an activating group) is 1. The molecule has 0 aliphatic heterocycles. The van der Waals surface area contributed by atoms with Gasteiger partial charge in [-0.2, -0.15) is 0 Å². The maximum Gasteiger partial charge on any atom is 0.338 e. The van der Waals surface area contributed by atoms with Gasteiger partial charge in [-0.15, -0.1) is 0 Å². The van der Waals surface area contributed by atoms with Gasteiger partial charge in [0.1, 0.15) is 6.54 Å². The molecule has 5 heteroatoms. The van der Waals surface area contributed by atoms with Crippen molar-refractivity contribution in [2.75, 3.05) is 31.7 Å². The second-order valence-electron chi connectivity index (χ2n) is 3.93. The molecule has 0 bridgehead atoms. The standard InChI is InChI=1S/C14H19NO4/c1-4-18-13(16)10-15(3)12-8-6-11(7-9-12)14(17)19-5-2/h6-9H,4-5,10H2,1-3H3. The summed E-state index contributed by atoms with van der Waals surface area (Å²) in [4.78, 5) is 24.6. The Balaban J connectivity index is 2.65. The van der Waals surface area contributed by atoms with E-state index in [1.165, 1.54) is 0 Å². The number of anilines is 1. The van der Waals surface area contributed by atoms with Gasteiger partial charge in [-0.3, -0.25) is 4.79 Å². The number of rotatable bonds is 6. The van der Waals surface area contributed by atoms with E-state index in [9.17, 15) is 9.59 Å². The molecule has 104 valence electrons. The third-order valence-corrected chi connectivity index (χ3v) is 2.49. The lowest BCUT2D eigenvalue weighted by Gasteiger charge is -2.18. The summed E-state index contributed by atoms with van der Waals surface area (Å²) in [5, 5.41) is 0. The second kappa shape index (κ2) is 7.41. The van der Waals surface area contributed by atoms with Gasteiger partial charge in [0, 0.05) is 12.7 Å². The zero-order chi connectivity index (χ0) is 14.3. The molecule has 5 nitrogen and oxygen atoms in total. The summed E-state index contributed by atoms with van der Waals surface area (Å²) in [6.07, 6.45) is 0. The molecule has 1 aromatic carbocycles. The first-order chi connectivity index (χ1) is 9.08. The lowest BCUT2D eigenvalue weighted by atomic mass is 10.2. The van der Waals surface area contributed by atoms with Crippen LogP contribution >= 0.6 is 0 Å². The van der Waals surface area contributed by atoms with Gasteiger partial charge >= 0.3 is 11.9 Å². The first kappa shape index (κ1) is 15.0. The summed E-state index contributed by atoms with van der Waals surface area (Å²) in [6, 6.07) is 6.89. The van der Waals surface area contributed by atoms with Crippen LogP contribution in [0.5, 0.6) is 0 Å². The van der Waals surface area contributed by atoms with Crippen LogP contribution in [0, 0.1) is 0 Å². The largest absolute Gasteiger partial charge is 0.465 e. The molecular formula is C14H19NO4. The highest BCUT2D eigenvalue weighted by Crippen LogP contribution is 2.14. The van der Waals surface area contributed by atoms with Gasteiger partial charge in [-0.25, -0.2) is 4.79 Å². The van der Waals surface area contributed by atoms with Gasteiger partial charge in [0.2, 0.25) is 0 Å². The van der Waals surface area contributed by atoms with Crippen LogP contribution in [0.1, 0.15) is 24.2 Å². The molecule has 0 aromatic heterocycles. The number of hydrogen-bond acceptors (Lipinski definition) is 5. The highest BCUT2D eigenvalue weighted by molar-refractivity contribution is 5.89. The van der Waals surface area contributed by atoms with Crippen molar-refractivity contribution in [3.63, 3.8) is 0 Å². The minimum absolute atomic E-state index is 0.173. The Labute approximate surface area is 113 Å². The number of nitrogens with zero attached hydrogens (tertiary/aromatic N) is 1. The number of carbonyl (C=O) groups excluding carboxylic acids is 2. The first-order valence-electron chi connectivity index (χ1n) is 6.22. The summed E-state index contributed by atoms with van der Waals surface area (Å²) in [5.41, 5.74) is 1.33. The van der Waals surface area contributed by atoms with Crippen LogP contribution in [0.15, 0.2) is 24.3 Å². The Bertz CT molecular complexity index is 428. The lowest BCUT2D eigenvalue weighted by Crippen LogP contribution is -2.27. The van der Waals surface area contributed by atoms with Crippen LogP contribution in [-0.4, -0.2) is 38.7 Å². The number of carbonyl (C=O) groups is 2. The zero-order valence-electron chi connectivity index (χ0n) is 11.5. The fraction of sp³-hybridized carbons (Fsp3) is 0.429. The Morgan fingerprint density at radius 3 is 2.16 bits per heavy atom. The maximum absolute atomic E-state index is 11.5. The van der Waals surface area contributed by atoms with Gasteiger partial charge in [0.25, 0.3) is 0 Å². The van der Waals surface area contributed by atoms with E-state index in [0.29, 0.717) is 18.8 Å². The molecule has 0 aliphatic rings. The minimum atomic E-state index is -0.345. The molecule has 0 amide bonds.